The van der Waals surface area contributed by atoms with Crippen molar-refractivity contribution in [3.05, 3.63) is 53.7 Å². The summed E-state index contributed by atoms with van der Waals surface area (Å²) in [6.07, 6.45) is 4.20. The molecule has 0 aliphatic heterocycles. The Morgan fingerprint density at radius 3 is 2.55 bits per heavy atom. The maximum atomic E-state index is 12.1. The van der Waals surface area contributed by atoms with Crippen LogP contribution >= 0.6 is 0 Å². The van der Waals surface area contributed by atoms with E-state index in [-0.39, 0.29) is 24.9 Å². The monoisotopic (exact) mass is 419 g/mol. The van der Waals surface area contributed by atoms with Gasteiger partial charge in [0, 0.05) is 11.8 Å². The minimum atomic E-state index is -3.51. The molecule has 0 saturated carbocycles. The summed E-state index contributed by atoms with van der Waals surface area (Å²) in [5.74, 6) is -1.13. The van der Waals surface area contributed by atoms with Crippen molar-refractivity contribution in [3.8, 4) is 0 Å². The Balaban J connectivity index is 1.81. The summed E-state index contributed by atoms with van der Waals surface area (Å²) in [5, 5.41) is 7.67. The zero-order valence-corrected chi connectivity index (χ0v) is 17.5. The molecule has 0 unspecified atom stereocenters. The number of hydrogen-bond donors (Lipinski definition) is 1. The van der Waals surface area contributed by atoms with Crippen LogP contribution in [0.2, 0.25) is 0 Å². The largest absolute Gasteiger partial charge is 0.442 e. The Morgan fingerprint density at radius 2 is 1.90 bits per heavy atom. The number of sulfone groups is 1. The molecular formula is C20H25N3O5S. The zero-order chi connectivity index (χ0) is 21.5. The van der Waals surface area contributed by atoms with Gasteiger partial charge in [-0.1, -0.05) is 30.3 Å². The van der Waals surface area contributed by atoms with Gasteiger partial charge < -0.3 is 10.1 Å². The van der Waals surface area contributed by atoms with Crippen LogP contribution in [0.5, 0.6) is 0 Å². The Morgan fingerprint density at radius 1 is 1.21 bits per heavy atom. The molecule has 1 N–H and O–H groups in total. The summed E-state index contributed by atoms with van der Waals surface area (Å²) in [6, 6.07) is 9.03. The lowest BCUT2D eigenvalue weighted by Gasteiger charge is -2.16. The molecule has 2 aromatic rings. The molecule has 0 radical (unpaired) electrons. The molecule has 0 fully saturated rings. The van der Waals surface area contributed by atoms with E-state index < -0.39 is 21.2 Å². The van der Waals surface area contributed by atoms with Crippen LogP contribution in [0.25, 0.3) is 6.08 Å². The predicted octanol–water partition coefficient (Wildman–Crippen LogP) is 2.84. The molecule has 1 aromatic heterocycles. The minimum Gasteiger partial charge on any atom is -0.442 e. The highest BCUT2D eigenvalue weighted by Gasteiger charge is 2.23. The number of anilines is 1. The van der Waals surface area contributed by atoms with Crippen molar-refractivity contribution < 1.29 is 22.7 Å². The van der Waals surface area contributed by atoms with Gasteiger partial charge in [0.1, 0.15) is 0 Å². The van der Waals surface area contributed by atoms with Crippen LogP contribution < -0.4 is 5.32 Å². The summed E-state index contributed by atoms with van der Waals surface area (Å²) < 4.78 is 30.6. The van der Waals surface area contributed by atoms with E-state index >= 15 is 0 Å². The van der Waals surface area contributed by atoms with Gasteiger partial charge in [0.25, 0.3) is 0 Å². The first-order valence-corrected chi connectivity index (χ1v) is 10.7. The average Bonchev–Trinajstić information content (AvgIpc) is 3.10. The Kier molecular flexibility index (Phi) is 7.33. The molecule has 1 amide bonds. The van der Waals surface area contributed by atoms with Gasteiger partial charge in [-0.15, -0.1) is 0 Å². The van der Waals surface area contributed by atoms with Crippen molar-refractivity contribution in [1.82, 2.24) is 9.78 Å². The van der Waals surface area contributed by atoms with Gasteiger partial charge in [-0.25, -0.2) is 13.1 Å². The highest BCUT2D eigenvalue weighted by atomic mass is 32.2. The average molecular weight is 420 g/mol. The second-order valence-corrected chi connectivity index (χ2v) is 9.46. The molecule has 0 aliphatic carbocycles. The third-order valence-electron chi connectivity index (χ3n) is 3.74. The second-order valence-electron chi connectivity index (χ2n) is 7.46. The van der Waals surface area contributed by atoms with Crippen LogP contribution in [0, 0.1) is 5.41 Å². The first-order chi connectivity index (χ1) is 13.5. The van der Waals surface area contributed by atoms with Crippen molar-refractivity contribution in [2.24, 2.45) is 5.41 Å². The maximum absolute atomic E-state index is 12.1. The van der Waals surface area contributed by atoms with E-state index in [2.05, 4.69) is 10.4 Å². The number of hydrogen-bond acceptors (Lipinski definition) is 6. The number of aromatic nitrogens is 2. The molecule has 0 aliphatic rings. The Labute approximate surface area is 170 Å². The SMILES string of the molecule is CC(C)(C)C(=O)OCn1cc(NC(=O)CCS(=O)(=O)/C=C/c2ccccc2)cn1. The fourth-order valence-electron chi connectivity index (χ4n) is 2.11. The number of esters is 1. The Hall–Kier alpha value is -2.94. The first kappa shape index (κ1) is 22.4. The quantitative estimate of drug-likeness (QED) is 0.659. The fourth-order valence-corrected chi connectivity index (χ4v) is 3.08. The normalized spacial score (nSPS) is 12.1. The van der Waals surface area contributed by atoms with Crippen molar-refractivity contribution in [2.45, 2.75) is 33.9 Å². The van der Waals surface area contributed by atoms with Crippen LogP contribution in [-0.2, 0) is 30.9 Å². The standard InChI is InChI=1S/C20H25N3O5S/c1-20(2,3)19(25)28-15-23-14-17(13-21-23)22-18(24)10-12-29(26,27)11-9-16-7-5-4-6-8-16/h4-9,11,13-14H,10,12,15H2,1-3H3,(H,22,24)/b11-9+. The van der Waals surface area contributed by atoms with Gasteiger partial charge in [0.2, 0.25) is 5.91 Å². The number of rotatable bonds is 8. The topological polar surface area (TPSA) is 107 Å². The first-order valence-electron chi connectivity index (χ1n) is 9.00. The van der Waals surface area contributed by atoms with Gasteiger partial charge in [0.15, 0.2) is 16.6 Å². The van der Waals surface area contributed by atoms with E-state index in [0.717, 1.165) is 11.0 Å². The summed E-state index contributed by atoms with van der Waals surface area (Å²) in [7, 11) is -3.51. The van der Waals surface area contributed by atoms with Crippen molar-refractivity contribution in [1.29, 1.82) is 0 Å². The highest BCUT2D eigenvalue weighted by molar-refractivity contribution is 7.94. The lowest BCUT2D eigenvalue weighted by atomic mass is 9.98. The molecule has 8 nitrogen and oxygen atoms in total. The molecule has 29 heavy (non-hydrogen) atoms. The molecule has 0 saturated heterocycles. The number of amides is 1. The van der Waals surface area contributed by atoms with E-state index in [1.807, 2.05) is 18.2 Å². The molecule has 1 heterocycles. The number of ether oxygens (including phenoxy) is 1. The molecule has 1 aromatic carbocycles. The summed E-state index contributed by atoms with van der Waals surface area (Å²) in [6.45, 7) is 5.15. The van der Waals surface area contributed by atoms with Gasteiger partial charge in [0.05, 0.1) is 29.2 Å². The molecule has 9 heteroatoms. The predicted molar refractivity (Wildman–Crippen MR) is 110 cm³/mol. The number of nitrogens with one attached hydrogen (secondary N) is 1. The van der Waals surface area contributed by atoms with Crippen LogP contribution in [-0.4, -0.2) is 35.8 Å². The molecule has 156 valence electrons. The van der Waals surface area contributed by atoms with Gasteiger partial charge in [-0.2, -0.15) is 5.10 Å². The third kappa shape index (κ3) is 7.90. The van der Waals surface area contributed by atoms with Crippen LogP contribution in [0.1, 0.15) is 32.8 Å². The number of benzene rings is 1. The van der Waals surface area contributed by atoms with E-state index in [1.165, 1.54) is 23.2 Å². The van der Waals surface area contributed by atoms with Crippen LogP contribution in [0.15, 0.2) is 48.1 Å². The van der Waals surface area contributed by atoms with Crippen molar-refractivity contribution >= 4 is 33.5 Å². The highest BCUT2D eigenvalue weighted by Crippen LogP contribution is 2.15. The van der Waals surface area contributed by atoms with Gasteiger partial charge in [-0.3, -0.25) is 9.59 Å². The summed E-state index contributed by atoms with van der Waals surface area (Å²) >= 11 is 0. The van der Waals surface area contributed by atoms with E-state index in [1.54, 1.807) is 32.9 Å². The Bertz CT molecular complexity index is 973. The second kappa shape index (κ2) is 9.51. The fraction of sp³-hybridized carbons (Fsp3) is 0.350. The van der Waals surface area contributed by atoms with Gasteiger partial charge in [-0.05, 0) is 32.4 Å². The van der Waals surface area contributed by atoms with E-state index in [9.17, 15) is 18.0 Å². The van der Waals surface area contributed by atoms with E-state index in [0.29, 0.717) is 5.69 Å². The molecule has 0 spiro atoms. The lowest BCUT2D eigenvalue weighted by Crippen LogP contribution is -2.24. The maximum Gasteiger partial charge on any atom is 0.313 e. The summed E-state index contributed by atoms with van der Waals surface area (Å²) in [5.41, 5.74) is 0.532. The number of carbonyl (C=O) groups is 2. The van der Waals surface area contributed by atoms with Crippen LogP contribution in [0.3, 0.4) is 0 Å². The third-order valence-corrected chi connectivity index (χ3v) is 5.06. The molecule has 2 rings (SSSR count). The minimum absolute atomic E-state index is 0.0787. The molecular weight excluding hydrogens is 394 g/mol. The molecule has 0 bridgehead atoms. The van der Waals surface area contributed by atoms with Crippen molar-refractivity contribution in [2.75, 3.05) is 11.1 Å². The zero-order valence-electron chi connectivity index (χ0n) is 16.7. The summed E-state index contributed by atoms with van der Waals surface area (Å²) in [4.78, 5) is 23.8. The van der Waals surface area contributed by atoms with Crippen molar-refractivity contribution in [3.63, 3.8) is 0 Å². The lowest BCUT2D eigenvalue weighted by molar-refractivity contribution is -0.157. The van der Waals surface area contributed by atoms with Crippen LogP contribution in [0.4, 0.5) is 5.69 Å². The smallest absolute Gasteiger partial charge is 0.313 e. The number of carbonyl (C=O) groups excluding carboxylic acids is 2. The number of nitrogens with zero attached hydrogens (tertiary/aromatic N) is 2. The van der Waals surface area contributed by atoms with E-state index in [4.69, 9.17) is 4.74 Å². The van der Waals surface area contributed by atoms with Gasteiger partial charge >= 0.3 is 5.97 Å². The molecule has 0 atom stereocenters.